The minimum Gasteiger partial charge on any atom is -0.489 e. The minimum atomic E-state index is -1.93. The molecule has 1 aliphatic carbocycles. The highest BCUT2D eigenvalue weighted by Gasteiger charge is 2.61. The molecule has 1 aromatic carbocycles. The maximum atomic E-state index is 12.3. The third kappa shape index (κ3) is 8.11. The van der Waals surface area contributed by atoms with Crippen LogP contribution in [0.4, 0.5) is 0 Å². The lowest BCUT2D eigenvalue weighted by molar-refractivity contribution is -0.367. The number of hydrogen-bond donors (Lipinski definition) is 0. The fourth-order valence-electron chi connectivity index (χ4n) is 5.26. The van der Waals surface area contributed by atoms with Gasteiger partial charge in [-0.05, 0) is 43.2 Å². The molecule has 0 radical (unpaired) electrons. The van der Waals surface area contributed by atoms with Gasteiger partial charge in [0.1, 0.15) is 18.5 Å². The van der Waals surface area contributed by atoms with Gasteiger partial charge in [-0.15, -0.1) is 0 Å². The zero-order chi connectivity index (χ0) is 30.5. The van der Waals surface area contributed by atoms with Gasteiger partial charge in [-0.1, -0.05) is 31.5 Å². The van der Waals surface area contributed by atoms with E-state index >= 15 is 0 Å². The van der Waals surface area contributed by atoms with E-state index in [0.717, 1.165) is 46.5 Å². The molecule has 228 valence electrons. The number of benzene rings is 1. The molecular weight excluding hydrogens is 560 g/mol. The van der Waals surface area contributed by atoms with Crippen molar-refractivity contribution in [2.24, 2.45) is 5.41 Å². The summed E-state index contributed by atoms with van der Waals surface area (Å²) in [5.74, 6) is -4.41. The molecule has 2 aliphatic rings. The molecule has 0 bridgehead atoms. The molecule has 0 spiro atoms. The van der Waals surface area contributed by atoms with Gasteiger partial charge in [0.05, 0.1) is 11.1 Å². The molecule has 0 N–H and O–H groups in total. The number of hydrogen-bond acceptors (Lipinski definition) is 11. The molecule has 1 aromatic rings. The monoisotopic (exact) mass is 598 g/mol. The zero-order valence-corrected chi connectivity index (χ0v) is 25.3. The maximum absolute atomic E-state index is 12.3. The van der Waals surface area contributed by atoms with Crippen molar-refractivity contribution in [1.29, 1.82) is 0 Å². The lowest BCUT2D eigenvalue weighted by Crippen LogP contribution is -2.67. The second-order valence-electron chi connectivity index (χ2n) is 11.1. The summed E-state index contributed by atoms with van der Waals surface area (Å²) in [6.45, 7) is 8.74. The lowest BCUT2D eigenvalue weighted by Gasteiger charge is -2.50. The molecule has 12 heteroatoms. The predicted octanol–water partition coefficient (Wildman–Crippen LogP) is 4.24. The molecular formula is C29H39ClO11. The van der Waals surface area contributed by atoms with Crippen molar-refractivity contribution >= 4 is 35.5 Å². The smallest absolute Gasteiger partial charge is 0.303 e. The van der Waals surface area contributed by atoms with Crippen LogP contribution in [0.5, 0.6) is 5.75 Å². The third-order valence-electron chi connectivity index (χ3n) is 7.25. The molecule has 11 nitrogen and oxygen atoms in total. The van der Waals surface area contributed by atoms with Crippen molar-refractivity contribution in [3.63, 3.8) is 0 Å². The standard InChI is InChI=1S/C29H39ClO11/c1-16(31)36-15-24-25(37-17(2)32)26(38-18(3)33)27(39-19(4)34)29(35-7,41-24)20-8-9-22(30)23(14-20)40-21-10-12-28(5,6)13-11-21/h8-9,14,21,24-27H,10-13,15H2,1-7H3/t24-,25-,26+,27-,29?/m1/s1. The number of esters is 4. The molecule has 5 atom stereocenters. The van der Waals surface area contributed by atoms with Crippen LogP contribution in [-0.4, -0.2) is 68.1 Å². The van der Waals surface area contributed by atoms with E-state index in [0.29, 0.717) is 16.3 Å². The van der Waals surface area contributed by atoms with Crippen LogP contribution in [0.1, 0.15) is 72.8 Å². The molecule has 1 unspecified atom stereocenters. The van der Waals surface area contributed by atoms with Gasteiger partial charge >= 0.3 is 23.9 Å². The summed E-state index contributed by atoms with van der Waals surface area (Å²) >= 11 is 6.53. The van der Waals surface area contributed by atoms with Crippen LogP contribution >= 0.6 is 11.6 Å². The van der Waals surface area contributed by atoms with Crippen LogP contribution < -0.4 is 4.74 Å². The Balaban J connectivity index is 2.12. The molecule has 1 heterocycles. The first-order valence-corrected chi connectivity index (χ1v) is 13.9. The van der Waals surface area contributed by atoms with Crippen molar-refractivity contribution in [3.05, 3.63) is 28.8 Å². The van der Waals surface area contributed by atoms with Gasteiger partial charge in [0, 0.05) is 40.4 Å². The van der Waals surface area contributed by atoms with E-state index in [9.17, 15) is 19.2 Å². The third-order valence-corrected chi connectivity index (χ3v) is 7.57. The summed E-state index contributed by atoms with van der Waals surface area (Å²) in [6, 6.07) is 4.80. The number of methoxy groups -OCH3 is 1. The maximum Gasteiger partial charge on any atom is 0.303 e. The number of carbonyl (C=O) groups is 4. The van der Waals surface area contributed by atoms with Crippen molar-refractivity contribution in [3.8, 4) is 5.75 Å². The Bertz CT molecular complexity index is 1130. The minimum absolute atomic E-state index is 0.0651. The summed E-state index contributed by atoms with van der Waals surface area (Å²) in [7, 11) is 1.31. The highest BCUT2D eigenvalue weighted by molar-refractivity contribution is 6.32. The quantitative estimate of drug-likeness (QED) is 0.298. The summed E-state index contributed by atoms with van der Waals surface area (Å²) in [4.78, 5) is 48.4. The van der Waals surface area contributed by atoms with Gasteiger partial charge < -0.3 is 33.2 Å². The average Bonchev–Trinajstić information content (AvgIpc) is 2.87. The van der Waals surface area contributed by atoms with Gasteiger partial charge in [0.15, 0.2) is 12.2 Å². The van der Waals surface area contributed by atoms with Crippen LogP contribution in [0.25, 0.3) is 0 Å². The van der Waals surface area contributed by atoms with Crippen molar-refractivity contribution in [2.45, 2.75) is 104 Å². The Hall–Kier alpha value is -2.89. The fourth-order valence-corrected chi connectivity index (χ4v) is 5.42. The highest BCUT2D eigenvalue weighted by Crippen LogP contribution is 2.45. The SMILES string of the molecule is COC1(c2ccc(Cl)c(OC3CCC(C)(C)CC3)c2)O[C@H](COC(C)=O)[C@@H](OC(C)=O)[C@H](OC(C)=O)[C@H]1OC(C)=O. The van der Waals surface area contributed by atoms with E-state index in [1.807, 2.05) is 0 Å². The van der Waals surface area contributed by atoms with Crippen LogP contribution in [0, 0.1) is 5.41 Å². The molecule has 1 saturated heterocycles. The van der Waals surface area contributed by atoms with Crippen molar-refractivity contribution in [2.75, 3.05) is 13.7 Å². The number of halogens is 1. The van der Waals surface area contributed by atoms with Gasteiger partial charge in [-0.25, -0.2) is 0 Å². The van der Waals surface area contributed by atoms with E-state index in [2.05, 4.69) is 13.8 Å². The van der Waals surface area contributed by atoms with Crippen LogP contribution in [0.3, 0.4) is 0 Å². The van der Waals surface area contributed by atoms with E-state index < -0.39 is 60.7 Å². The summed E-state index contributed by atoms with van der Waals surface area (Å²) in [5, 5.41) is 0.343. The Morgan fingerprint density at radius 2 is 1.49 bits per heavy atom. The van der Waals surface area contributed by atoms with Crippen LogP contribution in [-0.2, 0) is 53.4 Å². The van der Waals surface area contributed by atoms with Gasteiger partial charge in [0.2, 0.25) is 11.9 Å². The number of carbonyl (C=O) groups excluding carboxylic acids is 4. The topological polar surface area (TPSA) is 133 Å². The Labute approximate surface area is 245 Å². The van der Waals surface area contributed by atoms with E-state index in [-0.39, 0.29) is 11.5 Å². The second-order valence-corrected chi connectivity index (χ2v) is 11.5. The van der Waals surface area contributed by atoms with Crippen LogP contribution in [0.2, 0.25) is 5.02 Å². The predicted molar refractivity (Wildman–Crippen MR) is 145 cm³/mol. The molecule has 1 saturated carbocycles. The van der Waals surface area contributed by atoms with Crippen molar-refractivity contribution in [1.82, 2.24) is 0 Å². The number of rotatable bonds is 9. The summed E-state index contributed by atoms with van der Waals surface area (Å²) in [6.07, 6.45) is -1.77. The Morgan fingerprint density at radius 3 is 2.02 bits per heavy atom. The van der Waals surface area contributed by atoms with Crippen molar-refractivity contribution < 1.29 is 52.3 Å². The Kier molecular flexibility index (Phi) is 10.7. The van der Waals surface area contributed by atoms with E-state index in [4.69, 9.17) is 44.8 Å². The molecule has 0 aromatic heterocycles. The lowest BCUT2D eigenvalue weighted by atomic mass is 9.76. The summed E-state index contributed by atoms with van der Waals surface area (Å²) < 4.78 is 40.5. The number of ether oxygens (including phenoxy) is 7. The van der Waals surface area contributed by atoms with Gasteiger partial charge in [-0.3, -0.25) is 19.2 Å². The summed E-state index contributed by atoms with van der Waals surface area (Å²) in [5.41, 5.74) is 0.549. The molecule has 2 fully saturated rings. The Morgan fingerprint density at radius 1 is 0.902 bits per heavy atom. The molecule has 3 rings (SSSR count). The molecule has 0 amide bonds. The van der Waals surface area contributed by atoms with E-state index in [1.165, 1.54) is 14.0 Å². The molecule has 1 aliphatic heterocycles. The largest absolute Gasteiger partial charge is 0.489 e. The average molecular weight is 599 g/mol. The second kappa shape index (κ2) is 13.4. The fraction of sp³-hybridized carbons (Fsp3) is 0.655. The first-order valence-electron chi connectivity index (χ1n) is 13.5. The highest BCUT2D eigenvalue weighted by atomic mass is 35.5. The van der Waals surface area contributed by atoms with Gasteiger partial charge in [0.25, 0.3) is 0 Å². The first kappa shape index (κ1) is 32.6. The normalized spacial score (nSPS) is 27.8. The molecule has 41 heavy (non-hydrogen) atoms. The van der Waals surface area contributed by atoms with E-state index in [1.54, 1.807) is 18.2 Å². The van der Waals surface area contributed by atoms with Crippen LogP contribution in [0.15, 0.2) is 18.2 Å². The first-order chi connectivity index (χ1) is 19.2. The van der Waals surface area contributed by atoms with Gasteiger partial charge in [-0.2, -0.15) is 0 Å². The zero-order valence-electron chi connectivity index (χ0n) is 24.5.